The highest BCUT2D eigenvalue weighted by molar-refractivity contribution is 5.81. The van der Waals surface area contributed by atoms with E-state index in [0.717, 1.165) is 38.0 Å². The molecule has 0 saturated carbocycles. The van der Waals surface area contributed by atoms with Crippen molar-refractivity contribution in [1.29, 1.82) is 0 Å². The Morgan fingerprint density at radius 3 is 2.88 bits per heavy atom. The zero-order chi connectivity index (χ0) is 17.4. The van der Waals surface area contributed by atoms with Crippen LogP contribution in [0.5, 0.6) is 0 Å². The van der Waals surface area contributed by atoms with Crippen LogP contribution in [0.3, 0.4) is 0 Å². The summed E-state index contributed by atoms with van der Waals surface area (Å²) >= 11 is 0. The van der Waals surface area contributed by atoms with Crippen molar-refractivity contribution in [3.05, 3.63) is 53.3 Å². The van der Waals surface area contributed by atoms with E-state index in [2.05, 4.69) is 46.5 Å². The minimum Gasteiger partial charge on any atom is -0.335 e. The summed E-state index contributed by atoms with van der Waals surface area (Å²) in [7, 11) is 1.93. The second-order valence-corrected chi connectivity index (χ2v) is 7.36. The fourth-order valence-corrected chi connectivity index (χ4v) is 4.45. The van der Waals surface area contributed by atoms with Gasteiger partial charge < -0.3 is 10.2 Å². The van der Waals surface area contributed by atoms with Crippen LogP contribution >= 0.6 is 0 Å². The number of carbonyl (C=O) groups excluding carboxylic acids is 1. The molecule has 3 atom stereocenters. The van der Waals surface area contributed by atoms with Crippen LogP contribution in [0.15, 0.2) is 36.7 Å². The van der Waals surface area contributed by atoms with Crippen LogP contribution in [-0.4, -0.2) is 40.2 Å². The first-order valence-corrected chi connectivity index (χ1v) is 9.20. The number of likely N-dealkylation sites (tertiary alicyclic amines) is 1. The normalized spacial score (nSPS) is 26.3. The number of benzene rings is 1. The number of nitrogens with one attached hydrogen (secondary N) is 1. The van der Waals surface area contributed by atoms with Crippen molar-refractivity contribution in [3.63, 3.8) is 0 Å². The largest absolute Gasteiger partial charge is 0.335 e. The Kier molecular flexibility index (Phi) is 4.34. The predicted molar refractivity (Wildman–Crippen MR) is 97.2 cm³/mol. The molecule has 2 fully saturated rings. The van der Waals surface area contributed by atoms with Gasteiger partial charge in [-0.05, 0) is 36.5 Å². The SMILES string of the molecule is Cc1ccccc1C1CCCN1C(=O)[C@H]1CNC[C@@H]1c1cnn(C)c1. The molecule has 1 aromatic heterocycles. The number of aromatic nitrogens is 2. The molecule has 2 saturated heterocycles. The van der Waals surface area contributed by atoms with Crippen molar-refractivity contribution in [1.82, 2.24) is 20.0 Å². The first-order valence-electron chi connectivity index (χ1n) is 9.20. The zero-order valence-electron chi connectivity index (χ0n) is 15.0. The third-order valence-corrected chi connectivity index (χ3v) is 5.77. The second-order valence-electron chi connectivity index (χ2n) is 7.36. The molecule has 1 amide bonds. The lowest BCUT2D eigenvalue weighted by atomic mass is 9.89. The van der Waals surface area contributed by atoms with E-state index in [1.54, 1.807) is 0 Å². The summed E-state index contributed by atoms with van der Waals surface area (Å²) < 4.78 is 1.82. The lowest BCUT2D eigenvalue weighted by molar-refractivity contribution is -0.136. The summed E-state index contributed by atoms with van der Waals surface area (Å²) in [5.74, 6) is 0.526. The van der Waals surface area contributed by atoms with Crippen LogP contribution in [-0.2, 0) is 11.8 Å². The number of rotatable bonds is 3. The molecule has 2 aliphatic heterocycles. The summed E-state index contributed by atoms with van der Waals surface area (Å²) in [5, 5.41) is 7.71. The maximum Gasteiger partial charge on any atom is 0.228 e. The average molecular weight is 338 g/mol. The van der Waals surface area contributed by atoms with Crippen LogP contribution in [0.4, 0.5) is 0 Å². The number of carbonyl (C=O) groups is 1. The number of hydrogen-bond acceptors (Lipinski definition) is 3. The maximum absolute atomic E-state index is 13.4. The van der Waals surface area contributed by atoms with Gasteiger partial charge in [-0.1, -0.05) is 24.3 Å². The van der Waals surface area contributed by atoms with Crippen molar-refractivity contribution < 1.29 is 4.79 Å². The summed E-state index contributed by atoms with van der Waals surface area (Å²) in [4.78, 5) is 15.5. The highest BCUT2D eigenvalue weighted by Gasteiger charge is 2.40. The summed E-state index contributed by atoms with van der Waals surface area (Å²) in [6.07, 6.45) is 6.10. The molecule has 5 heteroatoms. The lowest BCUT2D eigenvalue weighted by Gasteiger charge is -2.30. The zero-order valence-corrected chi connectivity index (χ0v) is 15.0. The molecule has 2 aromatic rings. The standard InChI is InChI=1S/C20H26N4O/c1-14-6-3-4-7-16(14)19-8-5-9-24(19)20(25)18-12-21-11-17(18)15-10-22-23(2)13-15/h3-4,6-7,10,13,17-19,21H,5,8-9,11-12H2,1-2H3/t17-,18+,19?/m1/s1. The van der Waals surface area contributed by atoms with Crippen molar-refractivity contribution in [2.45, 2.75) is 31.7 Å². The molecule has 0 radical (unpaired) electrons. The molecule has 1 aromatic carbocycles. The van der Waals surface area contributed by atoms with Crippen molar-refractivity contribution in [2.75, 3.05) is 19.6 Å². The second kappa shape index (κ2) is 6.64. The highest BCUT2D eigenvalue weighted by atomic mass is 16.2. The van der Waals surface area contributed by atoms with Crippen LogP contribution in [0.2, 0.25) is 0 Å². The van der Waals surface area contributed by atoms with Crippen LogP contribution in [0, 0.1) is 12.8 Å². The van der Waals surface area contributed by atoms with E-state index >= 15 is 0 Å². The van der Waals surface area contributed by atoms with Gasteiger partial charge in [0.05, 0.1) is 18.2 Å². The van der Waals surface area contributed by atoms with Gasteiger partial charge in [-0.25, -0.2) is 0 Å². The molecule has 1 N–H and O–H groups in total. The highest BCUT2D eigenvalue weighted by Crippen LogP contribution is 2.37. The molecule has 1 unspecified atom stereocenters. The first-order chi connectivity index (χ1) is 12.1. The molecule has 0 bridgehead atoms. The van der Waals surface area contributed by atoms with Gasteiger partial charge in [0.2, 0.25) is 5.91 Å². The molecular weight excluding hydrogens is 312 g/mol. The van der Waals surface area contributed by atoms with Crippen molar-refractivity contribution in [3.8, 4) is 0 Å². The minimum absolute atomic E-state index is 0.00817. The molecule has 5 nitrogen and oxygen atoms in total. The van der Waals surface area contributed by atoms with E-state index in [0.29, 0.717) is 5.91 Å². The number of nitrogens with zero attached hydrogens (tertiary/aromatic N) is 3. The van der Waals surface area contributed by atoms with E-state index < -0.39 is 0 Å². The number of hydrogen-bond donors (Lipinski definition) is 1. The van der Waals surface area contributed by atoms with E-state index in [4.69, 9.17) is 0 Å². The summed E-state index contributed by atoms with van der Waals surface area (Å²) in [5.41, 5.74) is 3.75. The number of aryl methyl sites for hydroxylation is 2. The Labute approximate surface area is 149 Å². The average Bonchev–Trinajstić information content (AvgIpc) is 3.34. The fraction of sp³-hybridized carbons (Fsp3) is 0.500. The molecule has 2 aliphatic rings. The van der Waals surface area contributed by atoms with Crippen LogP contribution < -0.4 is 5.32 Å². The van der Waals surface area contributed by atoms with Gasteiger partial charge in [0, 0.05) is 38.8 Å². The molecular formula is C20H26N4O. The Bertz CT molecular complexity index is 769. The molecule has 4 rings (SSSR count). The Morgan fingerprint density at radius 1 is 1.28 bits per heavy atom. The van der Waals surface area contributed by atoms with Gasteiger partial charge in [0.15, 0.2) is 0 Å². The van der Waals surface area contributed by atoms with Crippen molar-refractivity contribution in [2.24, 2.45) is 13.0 Å². The lowest BCUT2D eigenvalue weighted by Crippen LogP contribution is -2.38. The fourth-order valence-electron chi connectivity index (χ4n) is 4.45. The Balaban J connectivity index is 1.58. The number of amides is 1. The van der Waals surface area contributed by atoms with Crippen molar-refractivity contribution >= 4 is 5.91 Å². The summed E-state index contributed by atoms with van der Waals surface area (Å²) in [6, 6.07) is 8.70. The Morgan fingerprint density at radius 2 is 2.12 bits per heavy atom. The van der Waals surface area contributed by atoms with Gasteiger partial charge in [0.25, 0.3) is 0 Å². The quantitative estimate of drug-likeness (QED) is 0.935. The van der Waals surface area contributed by atoms with Gasteiger partial charge in [-0.15, -0.1) is 0 Å². The van der Waals surface area contributed by atoms with Gasteiger partial charge in [-0.2, -0.15) is 5.10 Å². The van der Waals surface area contributed by atoms with E-state index in [1.165, 1.54) is 11.1 Å². The smallest absolute Gasteiger partial charge is 0.228 e. The third-order valence-electron chi connectivity index (χ3n) is 5.77. The monoisotopic (exact) mass is 338 g/mol. The molecule has 25 heavy (non-hydrogen) atoms. The first kappa shape index (κ1) is 16.3. The van der Waals surface area contributed by atoms with Crippen LogP contribution in [0.1, 0.15) is 41.5 Å². The van der Waals surface area contributed by atoms with Gasteiger partial charge >= 0.3 is 0 Å². The van der Waals surface area contributed by atoms with E-state index in [1.807, 2.05) is 24.1 Å². The molecule has 3 heterocycles. The maximum atomic E-state index is 13.4. The summed E-state index contributed by atoms with van der Waals surface area (Å²) in [6.45, 7) is 4.63. The van der Waals surface area contributed by atoms with Gasteiger partial charge in [0.1, 0.15) is 0 Å². The van der Waals surface area contributed by atoms with E-state index in [-0.39, 0.29) is 17.9 Å². The predicted octanol–water partition coefficient (Wildman–Crippen LogP) is 2.40. The minimum atomic E-state index is 0.00817. The Hall–Kier alpha value is -2.14. The van der Waals surface area contributed by atoms with E-state index in [9.17, 15) is 4.79 Å². The van der Waals surface area contributed by atoms with Gasteiger partial charge in [-0.3, -0.25) is 9.48 Å². The molecule has 132 valence electrons. The molecule has 0 spiro atoms. The molecule has 0 aliphatic carbocycles. The third kappa shape index (κ3) is 2.97. The van der Waals surface area contributed by atoms with Crippen LogP contribution in [0.25, 0.3) is 0 Å². The topological polar surface area (TPSA) is 50.2 Å².